The smallest absolute Gasteiger partial charge is 0.230 e. The molecule has 140 valence electrons. The first-order chi connectivity index (χ1) is 12.6. The molecular formula is C19H25N3O4. The maximum absolute atomic E-state index is 12.4. The number of likely N-dealkylation sites (tertiary alicyclic amines) is 1. The molecule has 1 aromatic heterocycles. The molecule has 1 fully saturated rings. The molecule has 0 aliphatic carbocycles. The Labute approximate surface area is 153 Å². The normalized spacial score (nSPS) is 15.1. The molecule has 0 N–H and O–H groups in total. The predicted molar refractivity (Wildman–Crippen MR) is 95.3 cm³/mol. The molecule has 1 amide bonds. The Morgan fingerprint density at radius 2 is 1.96 bits per heavy atom. The van der Waals surface area contributed by atoms with Gasteiger partial charge in [-0.15, -0.1) is 0 Å². The standard InChI is InChI=1S/C19H25N3O4/c1-13-20-18(21-26-13)12-19(23)22-8-6-14(7-9-22)10-15-4-5-16(24-2)17(11-15)25-3/h4-5,11,14H,6-10,12H2,1-3H3. The molecule has 1 saturated heterocycles. The number of hydrogen-bond acceptors (Lipinski definition) is 6. The van der Waals surface area contributed by atoms with E-state index in [1.54, 1.807) is 21.1 Å². The van der Waals surface area contributed by atoms with Gasteiger partial charge in [0.05, 0.1) is 20.6 Å². The van der Waals surface area contributed by atoms with E-state index in [0.717, 1.165) is 43.9 Å². The third-order valence-electron chi connectivity index (χ3n) is 4.82. The highest BCUT2D eigenvalue weighted by atomic mass is 16.5. The molecule has 26 heavy (non-hydrogen) atoms. The summed E-state index contributed by atoms with van der Waals surface area (Å²) in [6.45, 7) is 3.27. The molecule has 3 rings (SSSR count). The summed E-state index contributed by atoms with van der Waals surface area (Å²) in [4.78, 5) is 18.4. The second-order valence-electron chi connectivity index (χ2n) is 6.62. The van der Waals surface area contributed by atoms with E-state index in [2.05, 4.69) is 16.2 Å². The van der Waals surface area contributed by atoms with Crippen molar-refractivity contribution in [1.82, 2.24) is 15.0 Å². The van der Waals surface area contributed by atoms with Crippen LogP contribution in [0.4, 0.5) is 0 Å². The van der Waals surface area contributed by atoms with Crippen LogP contribution in [0.15, 0.2) is 22.7 Å². The highest BCUT2D eigenvalue weighted by molar-refractivity contribution is 5.78. The lowest BCUT2D eigenvalue weighted by molar-refractivity contribution is -0.132. The summed E-state index contributed by atoms with van der Waals surface area (Å²) in [6, 6.07) is 6.06. The number of nitrogens with zero attached hydrogens (tertiary/aromatic N) is 3. The Balaban J connectivity index is 1.51. The summed E-state index contributed by atoms with van der Waals surface area (Å²) in [5.74, 6) is 3.07. The van der Waals surface area contributed by atoms with E-state index in [4.69, 9.17) is 14.0 Å². The van der Waals surface area contributed by atoms with E-state index in [-0.39, 0.29) is 12.3 Å². The minimum Gasteiger partial charge on any atom is -0.493 e. The summed E-state index contributed by atoms with van der Waals surface area (Å²) < 4.78 is 15.6. The van der Waals surface area contributed by atoms with E-state index in [1.165, 1.54) is 5.56 Å². The number of ether oxygens (including phenoxy) is 2. The van der Waals surface area contributed by atoms with E-state index in [9.17, 15) is 4.79 Å². The third-order valence-corrected chi connectivity index (χ3v) is 4.82. The Morgan fingerprint density at radius 1 is 1.23 bits per heavy atom. The SMILES string of the molecule is COc1ccc(CC2CCN(C(=O)Cc3noc(C)n3)CC2)cc1OC. The molecule has 1 aromatic carbocycles. The van der Waals surface area contributed by atoms with E-state index in [0.29, 0.717) is 17.6 Å². The van der Waals surface area contributed by atoms with Crippen LogP contribution in [-0.4, -0.2) is 48.3 Å². The van der Waals surface area contributed by atoms with Crippen molar-refractivity contribution >= 4 is 5.91 Å². The van der Waals surface area contributed by atoms with Crippen molar-refractivity contribution in [3.63, 3.8) is 0 Å². The monoisotopic (exact) mass is 359 g/mol. The van der Waals surface area contributed by atoms with Gasteiger partial charge in [-0.2, -0.15) is 4.98 Å². The van der Waals surface area contributed by atoms with Crippen molar-refractivity contribution in [2.24, 2.45) is 5.92 Å². The topological polar surface area (TPSA) is 77.7 Å². The van der Waals surface area contributed by atoms with Gasteiger partial charge < -0.3 is 18.9 Å². The molecule has 1 aliphatic rings. The molecule has 0 saturated carbocycles. The molecule has 0 radical (unpaired) electrons. The Hall–Kier alpha value is -2.57. The number of carbonyl (C=O) groups is 1. The summed E-state index contributed by atoms with van der Waals surface area (Å²) >= 11 is 0. The van der Waals surface area contributed by atoms with Gasteiger partial charge in [0.15, 0.2) is 17.3 Å². The van der Waals surface area contributed by atoms with Crippen molar-refractivity contribution in [2.45, 2.75) is 32.6 Å². The first kappa shape index (κ1) is 18.2. The minimum absolute atomic E-state index is 0.0652. The van der Waals surface area contributed by atoms with Gasteiger partial charge in [-0.1, -0.05) is 11.2 Å². The number of carbonyl (C=O) groups excluding carboxylic acids is 1. The molecule has 7 nitrogen and oxygen atoms in total. The molecule has 7 heteroatoms. The van der Waals surface area contributed by atoms with Gasteiger partial charge in [-0.25, -0.2) is 0 Å². The zero-order valence-corrected chi connectivity index (χ0v) is 15.5. The number of benzene rings is 1. The lowest BCUT2D eigenvalue weighted by Gasteiger charge is -2.32. The highest BCUT2D eigenvalue weighted by Crippen LogP contribution is 2.30. The van der Waals surface area contributed by atoms with Crippen molar-refractivity contribution < 1.29 is 18.8 Å². The van der Waals surface area contributed by atoms with E-state index in [1.807, 2.05) is 17.0 Å². The van der Waals surface area contributed by atoms with Crippen LogP contribution in [-0.2, 0) is 17.6 Å². The van der Waals surface area contributed by atoms with Crippen LogP contribution in [0.25, 0.3) is 0 Å². The molecule has 2 heterocycles. The zero-order chi connectivity index (χ0) is 18.5. The van der Waals surface area contributed by atoms with Gasteiger partial charge >= 0.3 is 0 Å². The van der Waals surface area contributed by atoms with Crippen LogP contribution in [0.1, 0.15) is 30.1 Å². The van der Waals surface area contributed by atoms with Crippen molar-refractivity contribution in [3.05, 3.63) is 35.5 Å². The lowest BCUT2D eigenvalue weighted by atomic mass is 9.90. The first-order valence-electron chi connectivity index (χ1n) is 8.87. The number of piperidine rings is 1. The van der Waals surface area contributed by atoms with Crippen molar-refractivity contribution in [1.29, 1.82) is 0 Å². The Morgan fingerprint density at radius 3 is 2.58 bits per heavy atom. The number of aromatic nitrogens is 2. The predicted octanol–water partition coefficient (Wildman–Crippen LogP) is 2.42. The highest BCUT2D eigenvalue weighted by Gasteiger charge is 2.24. The van der Waals surface area contributed by atoms with Gasteiger partial charge in [-0.05, 0) is 42.9 Å². The maximum Gasteiger partial charge on any atom is 0.230 e. The quantitative estimate of drug-likeness (QED) is 0.788. The largest absolute Gasteiger partial charge is 0.493 e. The number of methoxy groups -OCH3 is 2. The minimum atomic E-state index is 0.0652. The van der Waals surface area contributed by atoms with Crippen molar-refractivity contribution in [3.8, 4) is 11.5 Å². The van der Waals surface area contributed by atoms with Gasteiger partial charge in [0, 0.05) is 20.0 Å². The van der Waals surface area contributed by atoms with Crippen molar-refractivity contribution in [2.75, 3.05) is 27.3 Å². The fourth-order valence-corrected chi connectivity index (χ4v) is 3.39. The van der Waals surface area contributed by atoms with Gasteiger partial charge in [-0.3, -0.25) is 4.79 Å². The van der Waals surface area contributed by atoms with E-state index >= 15 is 0 Å². The first-order valence-corrected chi connectivity index (χ1v) is 8.87. The van der Waals surface area contributed by atoms with E-state index < -0.39 is 0 Å². The second-order valence-corrected chi connectivity index (χ2v) is 6.62. The molecular weight excluding hydrogens is 334 g/mol. The molecule has 0 unspecified atom stereocenters. The zero-order valence-electron chi connectivity index (χ0n) is 15.5. The number of hydrogen-bond donors (Lipinski definition) is 0. The van der Waals surface area contributed by atoms with Crippen LogP contribution in [0, 0.1) is 12.8 Å². The molecule has 0 atom stereocenters. The fourth-order valence-electron chi connectivity index (χ4n) is 3.39. The molecule has 2 aromatic rings. The van der Waals surface area contributed by atoms with Gasteiger partial charge in [0.25, 0.3) is 0 Å². The third kappa shape index (κ3) is 4.33. The average Bonchev–Trinajstić information content (AvgIpc) is 3.06. The second kappa shape index (κ2) is 8.21. The molecule has 1 aliphatic heterocycles. The number of aryl methyl sites for hydroxylation is 1. The Kier molecular flexibility index (Phi) is 5.75. The average molecular weight is 359 g/mol. The summed E-state index contributed by atoms with van der Waals surface area (Å²) in [6.07, 6.45) is 3.17. The Bertz CT molecular complexity index is 751. The van der Waals surface area contributed by atoms with Crippen LogP contribution >= 0.6 is 0 Å². The lowest BCUT2D eigenvalue weighted by Crippen LogP contribution is -2.39. The fraction of sp³-hybridized carbons (Fsp3) is 0.526. The van der Waals surface area contributed by atoms with Crippen LogP contribution < -0.4 is 9.47 Å². The molecule has 0 bridgehead atoms. The van der Waals surface area contributed by atoms with Gasteiger partial charge in [0.2, 0.25) is 11.8 Å². The van der Waals surface area contributed by atoms with Crippen LogP contribution in [0.5, 0.6) is 11.5 Å². The van der Waals surface area contributed by atoms with Crippen LogP contribution in [0.2, 0.25) is 0 Å². The van der Waals surface area contributed by atoms with Crippen LogP contribution in [0.3, 0.4) is 0 Å². The summed E-state index contributed by atoms with van der Waals surface area (Å²) in [5, 5.41) is 3.80. The summed E-state index contributed by atoms with van der Waals surface area (Å²) in [5.41, 5.74) is 1.23. The number of rotatable bonds is 6. The molecule has 0 spiro atoms. The summed E-state index contributed by atoms with van der Waals surface area (Å²) in [7, 11) is 3.29. The van der Waals surface area contributed by atoms with Gasteiger partial charge in [0.1, 0.15) is 0 Å². The number of amides is 1. The maximum atomic E-state index is 12.4.